The molecule has 1 unspecified atom stereocenters. The second-order valence-electron chi connectivity index (χ2n) is 5.87. The Labute approximate surface area is 124 Å². The molecule has 2 rings (SSSR count). The number of hydrogen-bond acceptors (Lipinski definition) is 3. The van der Waals surface area contributed by atoms with Crippen LogP contribution in [0, 0.1) is 0 Å². The number of nitrogens with zero attached hydrogens (tertiary/aromatic N) is 1. The van der Waals surface area contributed by atoms with Gasteiger partial charge in [0.1, 0.15) is 11.1 Å². The summed E-state index contributed by atoms with van der Waals surface area (Å²) in [4.78, 5) is 14.2. The monoisotopic (exact) mass is 294 g/mol. The number of thioether (sulfide) groups is 1. The van der Waals surface area contributed by atoms with E-state index < -0.39 is 0 Å². The fraction of sp³-hybridized carbons (Fsp3) is 0.533. The molecule has 110 valence electrons. The second kappa shape index (κ2) is 5.95. The molecule has 0 spiro atoms. The van der Waals surface area contributed by atoms with Crippen LogP contribution in [0.3, 0.4) is 0 Å². The van der Waals surface area contributed by atoms with Crippen LogP contribution in [0.1, 0.15) is 31.7 Å². The molecule has 0 saturated carbocycles. The Kier molecular flexibility index (Phi) is 4.48. The van der Waals surface area contributed by atoms with Crippen LogP contribution in [-0.4, -0.2) is 35.9 Å². The average molecular weight is 294 g/mol. The van der Waals surface area contributed by atoms with Gasteiger partial charge in [-0.2, -0.15) is 0 Å². The lowest BCUT2D eigenvalue weighted by Gasteiger charge is -2.29. The summed E-state index contributed by atoms with van der Waals surface area (Å²) in [6, 6.07) is 7.93. The van der Waals surface area contributed by atoms with Crippen molar-refractivity contribution in [2.45, 2.75) is 31.7 Å². The Bertz CT molecular complexity index is 468. The van der Waals surface area contributed by atoms with Crippen LogP contribution in [0.5, 0.6) is 5.75 Å². The number of hydrogen-bond donors (Lipinski definition) is 1. The first-order chi connectivity index (χ1) is 9.40. The summed E-state index contributed by atoms with van der Waals surface area (Å²) in [5, 5.41) is 3.12. The van der Waals surface area contributed by atoms with Gasteiger partial charge < -0.3 is 15.0 Å². The summed E-state index contributed by atoms with van der Waals surface area (Å²) in [7, 11) is 1.66. The van der Waals surface area contributed by atoms with Crippen LogP contribution in [0.15, 0.2) is 24.3 Å². The Morgan fingerprint density at radius 2 is 2.00 bits per heavy atom. The van der Waals surface area contributed by atoms with Gasteiger partial charge in [-0.25, -0.2) is 4.79 Å². The lowest BCUT2D eigenvalue weighted by atomic mass is 10.1. The summed E-state index contributed by atoms with van der Waals surface area (Å²) in [5.41, 5.74) is 0.923. The molecule has 1 aromatic rings. The van der Waals surface area contributed by atoms with Gasteiger partial charge in [0.05, 0.1) is 7.11 Å². The van der Waals surface area contributed by atoms with Crippen molar-refractivity contribution in [1.29, 1.82) is 0 Å². The highest BCUT2D eigenvalue weighted by atomic mass is 32.2. The molecule has 0 aliphatic carbocycles. The van der Waals surface area contributed by atoms with E-state index in [1.165, 1.54) is 0 Å². The fourth-order valence-corrected chi connectivity index (χ4v) is 3.37. The maximum Gasteiger partial charge on any atom is 0.319 e. The van der Waals surface area contributed by atoms with Crippen LogP contribution >= 0.6 is 11.8 Å². The van der Waals surface area contributed by atoms with Gasteiger partial charge in [0.15, 0.2) is 0 Å². The van der Waals surface area contributed by atoms with E-state index in [9.17, 15) is 4.79 Å². The minimum Gasteiger partial charge on any atom is -0.497 e. The molecule has 1 atom stereocenters. The molecule has 0 radical (unpaired) electrons. The predicted octanol–water partition coefficient (Wildman–Crippen LogP) is 3.25. The Hall–Kier alpha value is -1.36. The number of rotatable bonds is 2. The molecule has 4 nitrogen and oxygen atoms in total. The van der Waals surface area contributed by atoms with Crippen molar-refractivity contribution in [1.82, 2.24) is 10.2 Å². The van der Waals surface area contributed by atoms with Crippen molar-refractivity contribution in [3.63, 3.8) is 0 Å². The average Bonchev–Trinajstić information content (AvgIpc) is 2.86. The van der Waals surface area contributed by atoms with Gasteiger partial charge in [-0.3, -0.25) is 0 Å². The number of urea groups is 1. The first-order valence-corrected chi connectivity index (χ1v) is 7.80. The van der Waals surface area contributed by atoms with Crippen molar-refractivity contribution >= 4 is 17.8 Å². The van der Waals surface area contributed by atoms with Crippen LogP contribution < -0.4 is 10.1 Å². The van der Waals surface area contributed by atoms with Crippen LogP contribution in [-0.2, 0) is 0 Å². The molecular weight excluding hydrogens is 272 g/mol. The van der Waals surface area contributed by atoms with E-state index in [0.717, 1.165) is 23.6 Å². The molecule has 1 heterocycles. The molecule has 20 heavy (non-hydrogen) atoms. The lowest BCUT2D eigenvalue weighted by molar-refractivity contribution is 0.191. The maximum absolute atomic E-state index is 12.3. The van der Waals surface area contributed by atoms with Crippen LogP contribution in [0.25, 0.3) is 0 Å². The number of methoxy groups -OCH3 is 1. The number of amides is 2. The summed E-state index contributed by atoms with van der Waals surface area (Å²) in [6.07, 6.45) is 0. The number of carbonyl (C=O) groups is 1. The zero-order chi connectivity index (χ0) is 14.8. The van der Waals surface area contributed by atoms with Crippen LogP contribution in [0.2, 0.25) is 0 Å². The molecule has 2 amide bonds. The van der Waals surface area contributed by atoms with E-state index in [2.05, 4.69) is 5.32 Å². The summed E-state index contributed by atoms with van der Waals surface area (Å²) >= 11 is 1.80. The molecule has 1 saturated heterocycles. The molecule has 1 fully saturated rings. The Morgan fingerprint density at radius 3 is 2.55 bits per heavy atom. The SMILES string of the molecule is COc1ccc(C2SCCN2C(=O)NC(C)(C)C)cc1. The van der Waals surface area contributed by atoms with E-state index in [4.69, 9.17) is 4.74 Å². The van der Waals surface area contributed by atoms with Gasteiger partial charge in [-0.15, -0.1) is 11.8 Å². The minimum absolute atomic E-state index is 0.00307. The molecule has 0 aromatic heterocycles. The summed E-state index contributed by atoms with van der Waals surface area (Å²) in [6.45, 7) is 6.77. The molecule has 1 aliphatic heterocycles. The van der Waals surface area contributed by atoms with E-state index in [1.807, 2.05) is 49.9 Å². The predicted molar refractivity (Wildman–Crippen MR) is 83.2 cm³/mol. The summed E-state index contributed by atoms with van der Waals surface area (Å²) in [5.74, 6) is 1.80. The highest BCUT2D eigenvalue weighted by Gasteiger charge is 2.32. The van der Waals surface area contributed by atoms with Crippen molar-refractivity contribution in [2.75, 3.05) is 19.4 Å². The molecule has 1 aliphatic rings. The number of benzene rings is 1. The molecule has 1 aromatic carbocycles. The summed E-state index contributed by atoms with van der Waals surface area (Å²) < 4.78 is 5.17. The molecule has 0 bridgehead atoms. The largest absolute Gasteiger partial charge is 0.497 e. The van der Waals surface area contributed by atoms with Gasteiger partial charge >= 0.3 is 6.03 Å². The van der Waals surface area contributed by atoms with E-state index in [1.54, 1.807) is 18.9 Å². The second-order valence-corrected chi connectivity index (χ2v) is 7.06. The highest BCUT2D eigenvalue weighted by molar-refractivity contribution is 7.99. The first-order valence-electron chi connectivity index (χ1n) is 6.75. The quantitative estimate of drug-likeness (QED) is 0.910. The third-order valence-corrected chi connectivity index (χ3v) is 4.30. The first kappa shape index (κ1) is 15.0. The molecular formula is C15H22N2O2S. The smallest absolute Gasteiger partial charge is 0.319 e. The maximum atomic E-state index is 12.3. The number of ether oxygens (including phenoxy) is 1. The highest BCUT2D eigenvalue weighted by Crippen LogP contribution is 2.38. The van der Waals surface area contributed by atoms with Gasteiger partial charge in [-0.1, -0.05) is 12.1 Å². The Morgan fingerprint density at radius 1 is 1.35 bits per heavy atom. The van der Waals surface area contributed by atoms with E-state index in [-0.39, 0.29) is 16.9 Å². The van der Waals surface area contributed by atoms with Crippen molar-refractivity contribution in [3.8, 4) is 5.75 Å². The normalized spacial score (nSPS) is 19.0. The van der Waals surface area contributed by atoms with Crippen molar-refractivity contribution < 1.29 is 9.53 Å². The fourth-order valence-electron chi connectivity index (χ4n) is 2.12. The van der Waals surface area contributed by atoms with Gasteiger partial charge in [0.2, 0.25) is 0 Å². The minimum atomic E-state index is -0.213. The van der Waals surface area contributed by atoms with Gasteiger partial charge in [0.25, 0.3) is 0 Å². The lowest BCUT2D eigenvalue weighted by Crippen LogP contribution is -2.48. The third-order valence-electron chi connectivity index (χ3n) is 3.03. The topological polar surface area (TPSA) is 41.6 Å². The van der Waals surface area contributed by atoms with E-state index >= 15 is 0 Å². The van der Waals surface area contributed by atoms with Gasteiger partial charge in [0, 0.05) is 17.8 Å². The number of carbonyl (C=O) groups excluding carboxylic acids is 1. The molecule has 5 heteroatoms. The van der Waals surface area contributed by atoms with Crippen LogP contribution in [0.4, 0.5) is 4.79 Å². The van der Waals surface area contributed by atoms with Gasteiger partial charge in [-0.05, 0) is 38.5 Å². The Balaban J connectivity index is 2.12. The van der Waals surface area contributed by atoms with E-state index in [0.29, 0.717) is 0 Å². The zero-order valence-electron chi connectivity index (χ0n) is 12.5. The van der Waals surface area contributed by atoms with Crippen molar-refractivity contribution in [2.24, 2.45) is 0 Å². The standard InChI is InChI=1S/C15H22N2O2S/c1-15(2,3)16-14(18)17-9-10-20-13(17)11-5-7-12(19-4)8-6-11/h5-8,13H,9-10H2,1-4H3,(H,16,18). The third kappa shape index (κ3) is 3.60. The zero-order valence-corrected chi connectivity index (χ0v) is 13.3. The molecule has 1 N–H and O–H groups in total. The van der Waals surface area contributed by atoms with Crippen molar-refractivity contribution in [3.05, 3.63) is 29.8 Å². The number of nitrogens with one attached hydrogen (secondary N) is 1.